The van der Waals surface area contributed by atoms with Crippen molar-refractivity contribution in [3.63, 3.8) is 0 Å². The van der Waals surface area contributed by atoms with Crippen LogP contribution in [-0.2, 0) is 31.7 Å². The van der Waals surface area contributed by atoms with Crippen LogP contribution in [0.5, 0.6) is 0 Å². The number of carboxylic acid groups (broad SMARTS) is 1. The van der Waals surface area contributed by atoms with Gasteiger partial charge >= 0.3 is 18.1 Å². The predicted molar refractivity (Wildman–Crippen MR) is 71.3 cm³/mol. The number of hydrogen-bond donors (Lipinski definition) is 2. The summed E-state index contributed by atoms with van der Waals surface area (Å²) in [5, 5.41) is 11.1. The molecule has 0 aliphatic carbocycles. The molecule has 0 unspecified atom stereocenters. The number of aliphatic carboxylic acids is 1. The highest BCUT2D eigenvalue weighted by molar-refractivity contribution is 5.85. The van der Waals surface area contributed by atoms with Gasteiger partial charge in [0.2, 0.25) is 0 Å². The smallest absolute Gasteiger partial charge is 0.416 e. The highest BCUT2D eigenvalue weighted by Gasteiger charge is 2.34. The van der Waals surface area contributed by atoms with Crippen LogP contribution >= 0.6 is 0 Å². The van der Waals surface area contributed by atoms with Crippen molar-refractivity contribution < 1.29 is 37.4 Å². The Kier molecular flexibility index (Phi) is 6.11. The molecule has 9 heteroatoms. The molecule has 23 heavy (non-hydrogen) atoms. The predicted octanol–water partition coefficient (Wildman–Crippen LogP) is 1.38. The summed E-state index contributed by atoms with van der Waals surface area (Å²) in [6, 6.07) is 2.90. The number of benzene rings is 1. The summed E-state index contributed by atoms with van der Waals surface area (Å²) in [7, 11) is 0. The Morgan fingerprint density at radius 1 is 1.26 bits per heavy atom. The second-order valence-electron chi connectivity index (χ2n) is 4.60. The van der Waals surface area contributed by atoms with E-state index in [9.17, 15) is 27.6 Å². The molecule has 0 aromatic heterocycles. The quantitative estimate of drug-likeness (QED) is 0.767. The van der Waals surface area contributed by atoms with Crippen LogP contribution in [0.2, 0.25) is 0 Å². The monoisotopic (exact) mass is 333 g/mol. The molecule has 1 aromatic rings. The Labute approximate surface area is 129 Å². The standard InChI is InChI=1S/C14H14F3NO5/c1-8(19)23-7-12(20)18-11(13(21)22)6-9-4-2-3-5-10(9)14(15,16)17/h2-5,11H,6-7H2,1H3,(H,18,20)(H,21,22)/t11-/m1/s1. The minimum atomic E-state index is -4.64. The third kappa shape index (κ3) is 5.97. The first-order valence-corrected chi connectivity index (χ1v) is 6.42. The average Bonchev–Trinajstić information content (AvgIpc) is 2.43. The van der Waals surface area contributed by atoms with Crippen molar-refractivity contribution in [2.45, 2.75) is 25.6 Å². The van der Waals surface area contributed by atoms with Gasteiger partial charge in [-0.3, -0.25) is 9.59 Å². The fourth-order valence-corrected chi connectivity index (χ4v) is 1.80. The number of halogens is 3. The number of carboxylic acids is 1. The van der Waals surface area contributed by atoms with Crippen molar-refractivity contribution >= 4 is 17.8 Å². The van der Waals surface area contributed by atoms with Crippen LogP contribution in [0.25, 0.3) is 0 Å². The van der Waals surface area contributed by atoms with E-state index in [1.54, 1.807) is 0 Å². The number of ether oxygens (including phenoxy) is 1. The molecule has 1 atom stereocenters. The molecule has 0 aliphatic heterocycles. The molecule has 1 rings (SSSR count). The van der Waals surface area contributed by atoms with Gasteiger partial charge < -0.3 is 15.2 Å². The molecule has 0 fully saturated rings. The minimum Gasteiger partial charge on any atom is -0.480 e. The van der Waals surface area contributed by atoms with Gasteiger partial charge in [-0.2, -0.15) is 13.2 Å². The van der Waals surface area contributed by atoms with Gasteiger partial charge in [-0.15, -0.1) is 0 Å². The van der Waals surface area contributed by atoms with Crippen LogP contribution in [-0.4, -0.2) is 35.6 Å². The Bertz CT molecular complexity index is 600. The van der Waals surface area contributed by atoms with Crippen LogP contribution in [0.4, 0.5) is 13.2 Å². The second kappa shape index (κ2) is 7.61. The summed E-state index contributed by atoms with van der Waals surface area (Å²) < 4.78 is 43.0. The van der Waals surface area contributed by atoms with Crippen LogP contribution in [0.1, 0.15) is 18.1 Å². The van der Waals surface area contributed by atoms with E-state index >= 15 is 0 Å². The highest BCUT2D eigenvalue weighted by Crippen LogP contribution is 2.32. The fraction of sp³-hybridized carbons (Fsp3) is 0.357. The van der Waals surface area contributed by atoms with Crippen molar-refractivity contribution in [3.8, 4) is 0 Å². The van der Waals surface area contributed by atoms with Crippen LogP contribution in [0.3, 0.4) is 0 Å². The molecule has 0 heterocycles. The van der Waals surface area contributed by atoms with Crippen LogP contribution in [0, 0.1) is 0 Å². The van der Waals surface area contributed by atoms with Crippen molar-refractivity contribution in [3.05, 3.63) is 35.4 Å². The van der Waals surface area contributed by atoms with Gasteiger partial charge in [0.25, 0.3) is 5.91 Å². The molecule has 0 bridgehead atoms. The summed E-state index contributed by atoms with van der Waals surface area (Å²) in [5.41, 5.74) is -1.24. The number of carbonyl (C=O) groups is 3. The van der Waals surface area contributed by atoms with Gasteiger partial charge in [-0.25, -0.2) is 4.79 Å². The van der Waals surface area contributed by atoms with E-state index in [1.807, 2.05) is 5.32 Å². The maximum absolute atomic E-state index is 12.9. The lowest BCUT2D eigenvalue weighted by molar-refractivity contribution is -0.148. The van der Waals surface area contributed by atoms with E-state index in [-0.39, 0.29) is 5.56 Å². The number of alkyl halides is 3. The topological polar surface area (TPSA) is 92.7 Å². The molecule has 2 N–H and O–H groups in total. The summed E-state index contributed by atoms with van der Waals surface area (Å²) in [4.78, 5) is 33.2. The average molecular weight is 333 g/mol. The molecule has 0 saturated heterocycles. The number of nitrogens with one attached hydrogen (secondary N) is 1. The van der Waals surface area contributed by atoms with Crippen molar-refractivity contribution in [1.29, 1.82) is 0 Å². The lowest BCUT2D eigenvalue weighted by Gasteiger charge is -2.18. The molecular formula is C14H14F3NO5. The van der Waals surface area contributed by atoms with E-state index in [2.05, 4.69) is 4.74 Å². The van der Waals surface area contributed by atoms with E-state index in [0.29, 0.717) is 0 Å². The third-order valence-electron chi connectivity index (χ3n) is 2.79. The Morgan fingerprint density at radius 3 is 2.39 bits per heavy atom. The second-order valence-corrected chi connectivity index (χ2v) is 4.60. The molecule has 1 aromatic carbocycles. The van der Waals surface area contributed by atoms with Gasteiger partial charge in [-0.05, 0) is 11.6 Å². The zero-order valence-electron chi connectivity index (χ0n) is 12.0. The van der Waals surface area contributed by atoms with Gasteiger partial charge in [0.1, 0.15) is 6.04 Å². The molecule has 0 saturated carbocycles. The number of amides is 1. The lowest BCUT2D eigenvalue weighted by Crippen LogP contribution is -2.44. The first kappa shape index (κ1) is 18.5. The van der Waals surface area contributed by atoms with E-state index in [1.165, 1.54) is 12.1 Å². The largest absolute Gasteiger partial charge is 0.480 e. The van der Waals surface area contributed by atoms with Crippen LogP contribution in [0.15, 0.2) is 24.3 Å². The number of esters is 1. The van der Waals surface area contributed by atoms with Crippen molar-refractivity contribution in [2.24, 2.45) is 0 Å². The van der Waals surface area contributed by atoms with E-state index < -0.39 is 48.7 Å². The van der Waals surface area contributed by atoms with Gasteiger partial charge in [-0.1, -0.05) is 18.2 Å². The summed E-state index contributed by atoms with van der Waals surface area (Å²) >= 11 is 0. The fourth-order valence-electron chi connectivity index (χ4n) is 1.80. The van der Waals surface area contributed by atoms with E-state index in [0.717, 1.165) is 19.1 Å². The summed E-state index contributed by atoms with van der Waals surface area (Å²) in [6.45, 7) is 0.349. The summed E-state index contributed by atoms with van der Waals surface area (Å²) in [6.07, 6.45) is -5.20. The molecule has 0 radical (unpaired) electrons. The van der Waals surface area contributed by atoms with Crippen molar-refractivity contribution in [1.82, 2.24) is 5.32 Å². The Morgan fingerprint density at radius 2 is 1.87 bits per heavy atom. The Hall–Kier alpha value is -2.58. The molecule has 1 amide bonds. The maximum atomic E-state index is 12.9. The zero-order valence-corrected chi connectivity index (χ0v) is 12.0. The minimum absolute atomic E-state index is 0.264. The highest BCUT2D eigenvalue weighted by atomic mass is 19.4. The normalized spacial score (nSPS) is 12.3. The zero-order chi connectivity index (χ0) is 17.6. The third-order valence-corrected chi connectivity index (χ3v) is 2.79. The number of carbonyl (C=O) groups excluding carboxylic acids is 2. The molecule has 6 nitrogen and oxygen atoms in total. The SMILES string of the molecule is CC(=O)OCC(=O)N[C@H](Cc1ccccc1C(F)(F)F)C(=O)O. The van der Waals surface area contributed by atoms with Gasteiger partial charge in [0.05, 0.1) is 5.56 Å². The molecule has 126 valence electrons. The lowest BCUT2D eigenvalue weighted by atomic mass is 10.00. The van der Waals surface area contributed by atoms with E-state index in [4.69, 9.17) is 5.11 Å². The first-order valence-electron chi connectivity index (χ1n) is 6.42. The maximum Gasteiger partial charge on any atom is 0.416 e. The Balaban J connectivity index is 2.87. The van der Waals surface area contributed by atoms with Gasteiger partial charge in [0.15, 0.2) is 6.61 Å². The number of rotatable bonds is 6. The summed E-state index contributed by atoms with van der Waals surface area (Å²) in [5.74, 6) is -3.16. The molecular weight excluding hydrogens is 319 g/mol. The molecule has 0 spiro atoms. The molecule has 0 aliphatic rings. The number of hydrogen-bond acceptors (Lipinski definition) is 4. The van der Waals surface area contributed by atoms with Gasteiger partial charge in [0, 0.05) is 13.3 Å². The van der Waals surface area contributed by atoms with Crippen molar-refractivity contribution in [2.75, 3.05) is 6.61 Å². The first-order chi connectivity index (χ1) is 10.6. The van der Waals surface area contributed by atoms with Crippen LogP contribution < -0.4 is 5.32 Å².